The van der Waals surface area contributed by atoms with E-state index in [1.54, 1.807) is 18.5 Å². The maximum atomic E-state index is 12.1. The second-order valence-electron chi connectivity index (χ2n) is 4.44. The Kier molecular flexibility index (Phi) is 2.87. The van der Waals surface area contributed by atoms with E-state index in [0.717, 1.165) is 19.3 Å². The minimum atomic E-state index is -0.487. The minimum Gasteiger partial charge on any atom is -0.327 e. The Bertz CT molecular complexity index is 381. The number of nitrogens with two attached hydrogens (primary N) is 1. The molecular weight excluding hydrogens is 204 g/mol. The topological polar surface area (TPSA) is 80.9 Å². The molecule has 1 heterocycles. The fourth-order valence-corrected chi connectivity index (χ4v) is 2.08. The Morgan fingerprint density at radius 1 is 1.56 bits per heavy atom. The SMILES string of the molecule is CC1(C(=O)Nc2ncccn2)CCCC1N. The highest BCUT2D eigenvalue weighted by molar-refractivity contribution is 5.94. The Labute approximate surface area is 94.5 Å². The molecular formula is C11H16N4O. The molecule has 2 rings (SSSR count). The summed E-state index contributed by atoms with van der Waals surface area (Å²) >= 11 is 0. The van der Waals surface area contributed by atoms with E-state index in [2.05, 4.69) is 15.3 Å². The van der Waals surface area contributed by atoms with E-state index >= 15 is 0 Å². The molecule has 0 saturated heterocycles. The van der Waals surface area contributed by atoms with Crippen LogP contribution < -0.4 is 11.1 Å². The molecule has 1 amide bonds. The van der Waals surface area contributed by atoms with Crippen LogP contribution in [0.4, 0.5) is 5.95 Å². The Hall–Kier alpha value is -1.49. The van der Waals surface area contributed by atoms with Crippen LogP contribution >= 0.6 is 0 Å². The van der Waals surface area contributed by atoms with E-state index in [1.165, 1.54) is 0 Å². The van der Waals surface area contributed by atoms with Crippen molar-refractivity contribution in [2.24, 2.45) is 11.1 Å². The van der Waals surface area contributed by atoms with Crippen molar-refractivity contribution < 1.29 is 4.79 Å². The Balaban J connectivity index is 2.09. The minimum absolute atomic E-state index is 0.0730. The maximum absolute atomic E-state index is 12.1. The van der Waals surface area contributed by atoms with E-state index in [4.69, 9.17) is 5.73 Å². The number of carbonyl (C=O) groups is 1. The van der Waals surface area contributed by atoms with Gasteiger partial charge in [-0.1, -0.05) is 6.42 Å². The van der Waals surface area contributed by atoms with Crippen molar-refractivity contribution in [1.29, 1.82) is 0 Å². The third kappa shape index (κ3) is 1.90. The van der Waals surface area contributed by atoms with Crippen molar-refractivity contribution in [3.8, 4) is 0 Å². The Morgan fingerprint density at radius 3 is 2.81 bits per heavy atom. The van der Waals surface area contributed by atoms with Gasteiger partial charge in [0.25, 0.3) is 0 Å². The number of rotatable bonds is 2. The first-order valence-electron chi connectivity index (χ1n) is 5.47. The van der Waals surface area contributed by atoms with E-state index < -0.39 is 5.41 Å². The zero-order valence-corrected chi connectivity index (χ0v) is 9.31. The van der Waals surface area contributed by atoms with Crippen LogP contribution in [0, 0.1) is 5.41 Å². The van der Waals surface area contributed by atoms with Gasteiger partial charge in [-0.05, 0) is 25.8 Å². The normalized spacial score (nSPS) is 29.0. The molecule has 0 spiro atoms. The lowest BCUT2D eigenvalue weighted by atomic mass is 9.84. The fraction of sp³-hybridized carbons (Fsp3) is 0.545. The van der Waals surface area contributed by atoms with Crippen molar-refractivity contribution >= 4 is 11.9 Å². The van der Waals surface area contributed by atoms with Crippen LogP contribution in [0.3, 0.4) is 0 Å². The first-order valence-corrected chi connectivity index (χ1v) is 5.47. The molecule has 5 nitrogen and oxygen atoms in total. The second kappa shape index (κ2) is 4.17. The van der Waals surface area contributed by atoms with Gasteiger partial charge in [-0.25, -0.2) is 9.97 Å². The van der Waals surface area contributed by atoms with Crippen LogP contribution in [0.15, 0.2) is 18.5 Å². The van der Waals surface area contributed by atoms with Crippen molar-refractivity contribution in [2.45, 2.75) is 32.2 Å². The molecule has 16 heavy (non-hydrogen) atoms. The monoisotopic (exact) mass is 220 g/mol. The largest absolute Gasteiger partial charge is 0.327 e. The van der Waals surface area contributed by atoms with Crippen LogP contribution in [0.25, 0.3) is 0 Å². The molecule has 86 valence electrons. The second-order valence-corrected chi connectivity index (χ2v) is 4.44. The summed E-state index contributed by atoms with van der Waals surface area (Å²) in [5.74, 6) is 0.261. The molecule has 0 radical (unpaired) electrons. The van der Waals surface area contributed by atoms with Gasteiger partial charge < -0.3 is 5.73 Å². The van der Waals surface area contributed by atoms with Gasteiger partial charge in [-0.15, -0.1) is 0 Å². The van der Waals surface area contributed by atoms with Gasteiger partial charge in [0.1, 0.15) is 0 Å². The van der Waals surface area contributed by atoms with Gasteiger partial charge in [0.2, 0.25) is 11.9 Å². The third-order valence-corrected chi connectivity index (χ3v) is 3.34. The smallest absolute Gasteiger partial charge is 0.234 e. The zero-order chi connectivity index (χ0) is 11.6. The average molecular weight is 220 g/mol. The summed E-state index contributed by atoms with van der Waals surface area (Å²) in [4.78, 5) is 20.0. The number of aromatic nitrogens is 2. The number of amides is 1. The molecule has 1 aliphatic carbocycles. The quantitative estimate of drug-likeness (QED) is 0.777. The predicted octanol–water partition coefficient (Wildman–Crippen LogP) is 0.933. The standard InChI is InChI=1S/C11H16N4O/c1-11(5-2-4-8(11)12)9(16)15-10-13-6-3-7-14-10/h3,6-8H,2,4-5,12H2,1H3,(H,13,14,15,16). The summed E-state index contributed by atoms with van der Waals surface area (Å²) in [7, 11) is 0. The summed E-state index contributed by atoms with van der Waals surface area (Å²) in [6, 6.07) is 1.63. The van der Waals surface area contributed by atoms with Crippen molar-refractivity contribution in [1.82, 2.24) is 9.97 Å². The molecule has 1 aromatic heterocycles. The van der Waals surface area contributed by atoms with E-state index in [1.807, 2.05) is 6.92 Å². The summed E-state index contributed by atoms with van der Waals surface area (Å²) in [5, 5.41) is 2.71. The van der Waals surface area contributed by atoms with Gasteiger partial charge in [0.05, 0.1) is 5.41 Å². The fourth-order valence-electron chi connectivity index (χ4n) is 2.08. The number of carbonyl (C=O) groups excluding carboxylic acids is 1. The predicted molar refractivity (Wildman–Crippen MR) is 60.6 cm³/mol. The number of anilines is 1. The lowest BCUT2D eigenvalue weighted by Crippen LogP contribution is -2.44. The van der Waals surface area contributed by atoms with Crippen molar-refractivity contribution in [2.75, 3.05) is 5.32 Å². The van der Waals surface area contributed by atoms with Crippen LogP contribution in [0.5, 0.6) is 0 Å². The van der Waals surface area contributed by atoms with Crippen molar-refractivity contribution in [3.63, 3.8) is 0 Å². The van der Waals surface area contributed by atoms with Gasteiger partial charge in [0, 0.05) is 18.4 Å². The van der Waals surface area contributed by atoms with Crippen LogP contribution in [0.2, 0.25) is 0 Å². The summed E-state index contributed by atoms with van der Waals surface area (Å²) < 4.78 is 0. The molecule has 0 aliphatic heterocycles. The Morgan fingerprint density at radius 2 is 2.25 bits per heavy atom. The first-order chi connectivity index (χ1) is 7.63. The molecule has 3 N–H and O–H groups in total. The highest BCUT2D eigenvalue weighted by Gasteiger charge is 2.43. The molecule has 1 aromatic rings. The van der Waals surface area contributed by atoms with Gasteiger partial charge in [-0.3, -0.25) is 10.1 Å². The molecule has 5 heteroatoms. The molecule has 1 saturated carbocycles. The van der Waals surface area contributed by atoms with Gasteiger partial charge >= 0.3 is 0 Å². The summed E-state index contributed by atoms with van der Waals surface area (Å²) in [6.07, 6.45) is 5.92. The van der Waals surface area contributed by atoms with Crippen LogP contribution in [0.1, 0.15) is 26.2 Å². The molecule has 2 atom stereocenters. The van der Waals surface area contributed by atoms with Gasteiger partial charge in [-0.2, -0.15) is 0 Å². The maximum Gasteiger partial charge on any atom is 0.234 e. The summed E-state index contributed by atoms with van der Waals surface area (Å²) in [5.41, 5.74) is 5.48. The van der Waals surface area contributed by atoms with E-state index in [9.17, 15) is 4.79 Å². The highest BCUT2D eigenvalue weighted by atomic mass is 16.2. The molecule has 1 aliphatic rings. The lowest BCUT2D eigenvalue weighted by Gasteiger charge is -2.26. The van der Waals surface area contributed by atoms with E-state index in [-0.39, 0.29) is 11.9 Å². The molecule has 2 unspecified atom stereocenters. The molecule has 1 fully saturated rings. The number of nitrogens with one attached hydrogen (secondary N) is 1. The number of hydrogen-bond acceptors (Lipinski definition) is 4. The van der Waals surface area contributed by atoms with Crippen LogP contribution in [-0.2, 0) is 4.79 Å². The third-order valence-electron chi connectivity index (χ3n) is 3.34. The molecule has 0 bridgehead atoms. The summed E-state index contributed by atoms with van der Waals surface area (Å²) in [6.45, 7) is 1.91. The van der Waals surface area contributed by atoms with Gasteiger partial charge in [0.15, 0.2) is 0 Å². The van der Waals surface area contributed by atoms with E-state index in [0.29, 0.717) is 5.95 Å². The lowest BCUT2D eigenvalue weighted by molar-refractivity contribution is -0.125. The van der Waals surface area contributed by atoms with Crippen molar-refractivity contribution in [3.05, 3.63) is 18.5 Å². The molecule has 0 aromatic carbocycles. The first kappa shape index (κ1) is 11.0. The zero-order valence-electron chi connectivity index (χ0n) is 9.31. The van der Waals surface area contributed by atoms with Crippen LogP contribution in [-0.4, -0.2) is 21.9 Å². The highest BCUT2D eigenvalue weighted by Crippen LogP contribution is 2.37. The number of nitrogens with zero attached hydrogens (tertiary/aromatic N) is 2. The number of hydrogen-bond donors (Lipinski definition) is 2. The average Bonchev–Trinajstić information content (AvgIpc) is 2.62.